The molecule has 3 nitrogen and oxygen atoms in total. The van der Waals surface area contributed by atoms with Crippen LogP contribution in [0, 0.1) is 13.8 Å². The third kappa shape index (κ3) is 2.60. The number of rotatable bonds is 2. The Hall–Kier alpha value is -1.34. The van der Waals surface area contributed by atoms with E-state index in [1.807, 2.05) is 0 Å². The Balaban J connectivity index is 2.62. The smallest absolute Gasteiger partial charge is 0.392 e. The van der Waals surface area contributed by atoms with Crippen molar-refractivity contribution < 1.29 is 18.3 Å². The van der Waals surface area contributed by atoms with Crippen molar-refractivity contribution in [3.8, 4) is 5.69 Å². The summed E-state index contributed by atoms with van der Waals surface area (Å²) in [4.78, 5) is 0. The molecule has 20 heavy (non-hydrogen) atoms. The van der Waals surface area contributed by atoms with E-state index in [4.69, 9.17) is 5.11 Å². The molecule has 1 aromatic carbocycles. The Morgan fingerprint density at radius 3 is 2.40 bits per heavy atom. The molecule has 1 aromatic heterocycles. The summed E-state index contributed by atoms with van der Waals surface area (Å²) in [5, 5.41) is 13.2. The highest BCUT2D eigenvalue weighted by atomic mass is 79.9. The summed E-state index contributed by atoms with van der Waals surface area (Å²) in [7, 11) is 0. The molecule has 0 spiro atoms. The van der Waals surface area contributed by atoms with Crippen LogP contribution >= 0.6 is 15.9 Å². The second-order valence-electron chi connectivity index (χ2n) is 4.39. The lowest BCUT2D eigenvalue weighted by Crippen LogP contribution is -2.11. The summed E-state index contributed by atoms with van der Waals surface area (Å²) in [6.07, 6.45) is -4.51. The van der Waals surface area contributed by atoms with E-state index in [-0.39, 0.29) is 5.56 Å². The summed E-state index contributed by atoms with van der Waals surface area (Å²) in [6.45, 7) is 2.87. The number of hydrogen-bond donors (Lipinski definition) is 1. The van der Waals surface area contributed by atoms with E-state index in [1.165, 1.54) is 16.8 Å². The molecule has 108 valence electrons. The van der Waals surface area contributed by atoms with E-state index in [9.17, 15) is 13.2 Å². The first kappa shape index (κ1) is 15.1. The molecule has 2 rings (SSSR count). The topological polar surface area (TPSA) is 38.0 Å². The van der Waals surface area contributed by atoms with Crippen LogP contribution in [-0.4, -0.2) is 14.9 Å². The second kappa shape index (κ2) is 5.21. The van der Waals surface area contributed by atoms with Gasteiger partial charge < -0.3 is 5.11 Å². The molecule has 0 unspecified atom stereocenters. The molecule has 0 aliphatic rings. The van der Waals surface area contributed by atoms with E-state index in [2.05, 4.69) is 21.0 Å². The fourth-order valence-corrected chi connectivity index (χ4v) is 2.22. The number of alkyl halides is 3. The predicted octanol–water partition coefficient (Wildman–Crippen LogP) is 3.76. The molecule has 2 aromatic rings. The van der Waals surface area contributed by atoms with Crippen LogP contribution in [0.5, 0.6) is 0 Å². The third-order valence-electron chi connectivity index (χ3n) is 3.02. The van der Waals surface area contributed by atoms with E-state index in [1.54, 1.807) is 13.8 Å². The Labute approximate surface area is 122 Å². The number of halogens is 4. The SMILES string of the molecule is Cc1nn(-c2ccc(CO)c(C(F)(F)F)c2)c(C)c1Br. The van der Waals surface area contributed by atoms with Crippen molar-refractivity contribution in [1.82, 2.24) is 9.78 Å². The minimum absolute atomic E-state index is 0.151. The highest BCUT2D eigenvalue weighted by Gasteiger charge is 2.33. The van der Waals surface area contributed by atoms with Gasteiger partial charge in [0.15, 0.2) is 0 Å². The average Bonchev–Trinajstić information content (AvgIpc) is 2.65. The lowest BCUT2D eigenvalue weighted by atomic mass is 10.1. The third-order valence-corrected chi connectivity index (χ3v) is 4.16. The molecule has 0 amide bonds. The van der Waals surface area contributed by atoms with Crippen LogP contribution in [0.3, 0.4) is 0 Å². The zero-order valence-corrected chi connectivity index (χ0v) is 12.4. The fraction of sp³-hybridized carbons (Fsp3) is 0.308. The molecule has 7 heteroatoms. The lowest BCUT2D eigenvalue weighted by molar-refractivity contribution is -0.138. The molecule has 0 bridgehead atoms. The molecular formula is C13H12BrF3N2O. The van der Waals surface area contributed by atoms with Crippen LogP contribution in [0.2, 0.25) is 0 Å². The molecule has 0 saturated heterocycles. The van der Waals surface area contributed by atoms with Gasteiger partial charge in [0.05, 0.1) is 33.7 Å². The van der Waals surface area contributed by atoms with E-state index in [0.717, 1.165) is 10.5 Å². The van der Waals surface area contributed by atoms with Gasteiger partial charge in [-0.1, -0.05) is 6.07 Å². The number of aryl methyl sites for hydroxylation is 1. The van der Waals surface area contributed by atoms with Gasteiger partial charge in [-0.05, 0) is 47.5 Å². The van der Waals surface area contributed by atoms with Crippen LogP contribution in [0.15, 0.2) is 22.7 Å². The van der Waals surface area contributed by atoms with Crippen molar-refractivity contribution in [2.24, 2.45) is 0 Å². The first-order chi connectivity index (χ1) is 9.25. The fourth-order valence-electron chi connectivity index (χ4n) is 1.97. The maximum Gasteiger partial charge on any atom is 0.416 e. The van der Waals surface area contributed by atoms with Crippen molar-refractivity contribution in [2.45, 2.75) is 26.6 Å². The molecule has 0 fully saturated rings. The quantitative estimate of drug-likeness (QED) is 0.897. The summed E-state index contributed by atoms with van der Waals surface area (Å²) in [5.41, 5.74) is 0.721. The maximum atomic E-state index is 13.0. The highest BCUT2D eigenvalue weighted by molar-refractivity contribution is 9.10. The Bertz CT molecular complexity index is 650. The molecule has 1 N–H and O–H groups in total. The molecule has 0 aliphatic carbocycles. The number of hydrogen-bond acceptors (Lipinski definition) is 2. The zero-order chi connectivity index (χ0) is 15.1. The first-order valence-electron chi connectivity index (χ1n) is 5.78. The van der Waals surface area contributed by atoms with Crippen LogP contribution in [0.1, 0.15) is 22.5 Å². The Kier molecular flexibility index (Phi) is 3.93. The average molecular weight is 349 g/mol. The predicted molar refractivity (Wildman–Crippen MR) is 71.7 cm³/mol. The minimum atomic E-state index is -4.51. The monoisotopic (exact) mass is 348 g/mol. The van der Waals surface area contributed by atoms with Gasteiger partial charge >= 0.3 is 6.18 Å². The van der Waals surface area contributed by atoms with Crippen LogP contribution in [0.25, 0.3) is 5.69 Å². The zero-order valence-electron chi connectivity index (χ0n) is 10.8. The van der Waals surface area contributed by atoms with E-state index in [0.29, 0.717) is 17.1 Å². The molecular weight excluding hydrogens is 337 g/mol. The highest BCUT2D eigenvalue weighted by Crippen LogP contribution is 2.34. The number of aromatic nitrogens is 2. The van der Waals surface area contributed by atoms with Crippen LogP contribution in [0.4, 0.5) is 13.2 Å². The van der Waals surface area contributed by atoms with Gasteiger partial charge in [-0.2, -0.15) is 18.3 Å². The molecule has 0 saturated carbocycles. The second-order valence-corrected chi connectivity index (χ2v) is 5.19. The number of nitrogens with zero attached hydrogens (tertiary/aromatic N) is 2. The van der Waals surface area contributed by atoms with Gasteiger partial charge in [0.1, 0.15) is 0 Å². The molecule has 0 atom stereocenters. The van der Waals surface area contributed by atoms with Crippen LogP contribution in [-0.2, 0) is 12.8 Å². The molecule has 0 radical (unpaired) electrons. The molecule has 1 heterocycles. The Morgan fingerprint density at radius 1 is 1.30 bits per heavy atom. The number of aliphatic hydroxyl groups is 1. The minimum Gasteiger partial charge on any atom is -0.392 e. The van der Waals surface area contributed by atoms with Gasteiger partial charge in [0.25, 0.3) is 0 Å². The van der Waals surface area contributed by atoms with Crippen molar-refractivity contribution >= 4 is 15.9 Å². The Morgan fingerprint density at radius 2 is 1.95 bits per heavy atom. The van der Waals surface area contributed by atoms with Crippen LogP contribution < -0.4 is 0 Å². The standard InChI is InChI=1S/C13H12BrF3N2O/c1-7-12(14)8(2)19(18-7)10-4-3-9(6-20)11(5-10)13(15,16)17/h3-5,20H,6H2,1-2H3. The van der Waals surface area contributed by atoms with Gasteiger partial charge in [-0.25, -0.2) is 4.68 Å². The maximum absolute atomic E-state index is 13.0. The van der Waals surface area contributed by atoms with E-state index >= 15 is 0 Å². The lowest BCUT2D eigenvalue weighted by Gasteiger charge is -2.14. The summed E-state index contributed by atoms with van der Waals surface area (Å²) < 4.78 is 41.1. The van der Waals surface area contributed by atoms with Gasteiger partial charge in [-0.3, -0.25) is 0 Å². The molecule has 0 aliphatic heterocycles. The normalized spacial score (nSPS) is 11.9. The van der Waals surface area contributed by atoms with Crippen molar-refractivity contribution in [2.75, 3.05) is 0 Å². The summed E-state index contributed by atoms with van der Waals surface area (Å²) in [5.74, 6) is 0. The summed E-state index contributed by atoms with van der Waals surface area (Å²) >= 11 is 3.34. The van der Waals surface area contributed by atoms with E-state index < -0.39 is 18.3 Å². The number of benzene rings is 1. The van der Waals surface area contributed by atoms with Crippen molar-refractivity contribution in [1.29, 1.82) is 0 Å². The number of aliphatic hydroxyl groups excluding tert-OH is 1. The summed E-state index contributed by atoms with van der Waals surface area (Å²) in [6, 6.07) is 3.77. The largest absolute Gasteiger partial charge is 0.416 e. The van der Waals surface area contributed by atoms with Crippen molar-refractivity contribution in [3.63, 3.8) is 0 Å². The van der Waals surface area contributed by atoms with Gasteiger partial charge in [0.2, 0.25) is 0 Å². The van der Waals surface area contributed by atoms with Gasteiger partial charge in [0, 0.05) is 0 Å². The first-order valence-corrected chi connectivity index (χ1v) is 6.58. The van der Waals surface area contributed by atoms with Gasteiger partial charge in [-0.15, -0.1) is 0 Å². The van der Waals surface area contributed by atoms with Crippen molar-refractivity contribution in [3.05, 3.63) is 45.2 Å².